The molecule has 0 saturated carbocycles. The first-order chi connectivity index (χ1) is 8.20. The van der Waals surface area contributed by atoms with E-state index in [1.54, 1.807) is 0 Å². The van der Waals surface area contributed by atoms with E-state index in [0.29, 0.717) is 6.42 Å². The summed E-state index contributed by atoms with van der Waals surface area (Å²) < 4.78 is 0. The van der Waals surface area contributed by atoms with Crippen molar-refractivity contribution in [2.24, 2.45) is 0 Å². The van der Waals surface area contributed by atoms with Crippen molar-refractivity contribution >= 4 is 6.29 Å². The molecule has 0 amide bonds. The zero-order valence-electron chi connectivity index (χ0n) is 11.5. The molecule has 1 radical (unpaired) electrons. The Labute approximate surface area is 106 Å². The van der Waals surface area contributed by atoms with Gasteiger partial charge in [0.15, 0.2) is 6.29 Å². The molecule has 0 spiro atoms. The highest BCUT2D eigenvalue weighted by Gasteiger charge is 1.91. The van der Waals surface area contributed by atoms with E-state index in [2.05, 4.69) is 45.1 Å². The lowest BCUT2D eigenvalue weighted by molar-refractivity contribution is 0.551. The SMILES string of the molecule is CC=CCCC(C)=CCCC(C)=CCC[C]=O. The van der Waals surface area contributed by atoms with Gasteiger partial charge in [-0.15, -0.1) is 0 Å². The summed E-state index contributed by atoms with van der Waals surface area (Å²) in [6, 6.07) is 0. The third kappa shape index (κ3) is 11.2. The number of rotatable bonds is 9. The normalized spacial score (nSPS) is 13.4. The molecule has 0 aromatic carbocycles. The summed E-state index contributed by atoms with van der Waals surface area (Å²) in [7, 11) is 0. The third-order valence-corrected chi connectivity index (χ3v) is 2.71. The average Bonchev–Trinajstić information content (AvgIpc) is 2.30. The molecule has 95 valence electrons. The Bertz CT molecular complexity index is 282. The third-order valence-electron chi connectivity index (χ3n) is 2.71. The van der Waals surface area contributed by atoms with Crippen LogP contribution in [-0.2, 0) is 4.79 Å². The highest BCUT2D eigenvalue weighted by Crippen LogP contribution is 2.11. The number of hydrogen-bond acceptors (Lipinski definition) is 1. The average molecular weight is 233 g/mol. The highest BCUT2D eigenvalue weighted by atomic mass is 16.1. The number of carbonyl (C=O) groups excluding carboxylic acids is 1. The molecule has 0 rings (SSSR count). The maximum absolute atomic E-state index is 10.0. The maximum Gasteiger partial charge on any atom is 0.198 e. The van der Waals surface area contributed by atoms with Crippen molar-refractivity contribution in [2.75, 3.05) is 0 Å². The van der Waals surface area contributed by atoms with Gasteiger partial charge in [0, 0.05) is 6.42 Å². The summed E-state index contributed by atoms with van der Waals surface area (Å²) in [6.45, 7) is 6.39. The minimum absolute atomic E-state index is 0.523. The molecule has 0 bridgehead atoms. The van der Waals surface area contributed by atoms with Gasteiger partial charge in [-0.05, 0) is 52.9 Å². The lowest BCUT2D eigenvalue weighted by atomic mass is 10.1. The molecule has 1 heteroatoms. The quantitative estimate of drug-likeness (QED) is 0.408. The number of unbranched alkanes of at least 4 members (excludes halogenated alkanes) is 1. The Hall–Kier alpha value is -1.11. The molecule has 0 fully saturated rings. The molecule has 0 aliphatic heterocycles. The monoisotopic (exact) mass is 233 g/mol. The van der Waals surface area contributed by atoms with Crippen LogP contribution in [0, 0.1) is 0 Å². The smallest absolute Gasteiger partial charge is 0.198 e. The minimum Gasteiger partial charge on any atom is -0.291 e. The molecule has 0 aromatic rings. The summed E-state index contributed by atoms with van der Waals surface area (Å²) in [6.07, 6.45) is 16.6. The topological polar surface area (TPSA) is 17.1 Å². The molecule has 0 aliphatic carbocycles. The van der Waals surface area contributed by atoms with Crippen LogP contribution in [0.4, 0.5) is 0 Å². The van der Waals surface area contributed by atoms with E-state index < -0.39 is 0 Å². The van der Waals surface area contributed by atoms with E-state index in [0.717, 1.165) is 32.1 Å². The van der Waals surface area contributed by atoms with Crippen LogP contribution in [0.25, 0.3) is 0 Å². The van der Waals surface area contributed by atoms with Gasteiger partial charge in [0.25, 0.3) is 0 Å². The molecule has 0 heterocycles. The van der Waals surface area contributed by atoms with E-state index in [9.17, 15) is 4.79 Å². The number of allylic oxidation sites excluding steroid dienone is 6. The highest BCUT2D eigenvalue weighted by molar-refractivity contribution is 5.50. The molecule has 0 unspecified atom stereocenters. The Kier molecular flexibility index (Phi) is 10.6. The molecule has 0 saturated heterocycles. The Balaban J connectivity index is 3.75. The van der Waals surface area contributed by atoms with Crippen molar-refractivity contribution in [3.8, 4) is 0 Å². The first-order valence-electron chi connectivity index (χ1n) is 6.48. The lowest BCUT2D eigenvalue weighted by Gasteiger charge is -2.00. The summed E-state index contributed by atoms with van der Waals surface area (Å²) in [5.74, 6) is 0. The van der Waals surface area contributed by atoms with Gasteiger partial charge in [-0.3, -0.25) is 4.79 Å². The minimum atomic E-state index is 0.523. The molecular weight excluding hydrogens is 208 g/mol. The zero-order valence-corrected chi connectivity index (χ0v) is 11.5. The summed E-state index contributed by atoms with van der Waals surface area (Å²) in [5, 5.41) is 0. The van der Waals surface area contributed by atoms with Crippen LogP contribution in [0.2, 0.25) is 0 Å². The van der Waals surface area contributed by atoms with Gasteiger partial charge in [0.05, 0.1) is 0 Å². The summed E-state index contributed by atoms with van der Waals surface area (Å²) >= 11 is 0. The fraction of sp³-hybridized carbons (Fsp3) is 0.562. The van der Waals surface area contributed by atoms with Crippen molar-refractivity contribution in [3.63, 3.8) is 0 Å². The van der Waals surface area contributed by atoms with Crippen molar-refractivity contribution in [3.05, 3.63) is 35.5 Å². The Morgan fingerprint density at radius 2 is 1.59 bits per heavy atom. The van der Waals surface area contributed by atoms with E-state index in [1.165, 1.54) is 11.1 Å². The second-order valence-electron chi connectivity index (χ2n) is 4.43. The van der Waals surface area contributed by atoms with Crippen molar-refractivity contribution in [2.45, 2.75) is 59.3 Å². The standard InChI is InChI=1S/C16H25O/c1-4-5-6-10-15(2)12-9-13-16(3)11-7-8-14-17/h4-5,11-12H,6-10,13H2,1-3H3. The lowest BCUT2D eigenvalue weighted by Crippen LogP contribution is -1.81. The van der Waals surface area contributed by atoms with Crippen molar-refractivity contribution in [1.82, 2.24) is 0 Å². The van der Waals surface area contributed by atoms with E-state index in [1.807, 2.05) is 6.29 Å². The van der Waals surface area contributed by atoms with Crippen LogP contribution in [0.5, 0.6) is 0 Å². The second kappa shape index (κ2) is 11.4. The van der Waals surface area contributed by atoms with Crippen LogP contribution in [0.3, 0.4) is 0 Å². The Morgan fingerprint density at radius 1 is 1.00 bits per heavy atom. The second-order valence-corrected chi connectivity index (χ2v) is 4.43. The van der Waals surface area contributed by atoms with Crippen LogP contribution in [0.1, 0.15) is 59.3 Å². The van der Waals surface area contributed by atoms with Crippen molar-refractivity contribution in [1.29, 1.82) is 0 Å². The largest absolute Gasteiger partial charge is 0.291 e. The molecule has 17 heavy (non-hydrogen) atoms. The predicted octanol–water partition coefficient (Wildman–Crippen LogP) is 4.91. The first-order valence-corrected chi connectivity index (χ1v) is 6.48. The fourth-order valence-electron chi connectivity index (χ4n) is 1.61. The first kappa shape index (κ1) is 15.9. The van der Waals surface area contributed by atoms with Gasteiger partial charge in [-0.25, -0.2) is 0 Å². The van der Waals surface area contributed by atoms with E-state index in [4.69, 9.17) is 0 Å². The van der Waals surface area contributed by atoms with Crippen molar-refractivity contribution < 1.29 is 4.79 Å². The van der Waals surface area contributed by atoms with Crippen LogP contribution in [-0.4, -0.2) is 6.29 Å². The van der Waals surface area contributed by atoms with E-state index in [-0.39, 0.29) is 0 Å². The van der Waals surface area contributed by atoms with Gasteiger partial charge >= 0.3 is 0 Å². The molecular formula is C16H25O. The zero-order chi connectivity index (χ0) is 12.9. The maximum atomic E-state index is 10.0. The molecule has 0 atom stereocenters. The van der Waals surface area contributed by atoms with Gasteiger partial charge < -0.3 is 0 Å². The molecule has 0 aliphatic rings. The summed E-state index contributed by atoms with van der Waals surface area (Å²) in [5.41, 5.74) is 2.84. The van der Waals surface area contributed by atoms with Crippen LogP contribution < -0.4 is 0 Å². The molecule has 0 aromatic heterocycles. The number of hydrogen-bond donors (Lipinski definition) is 0. The van der Waals surface area contributed by atoms with Gasteiger partial charge in [0.1, 0.15) is 0 Å². The molecule has 0 N–H and O–H groups in total. The van der Waals surface area contributed by atoms with Gasteiger partial charge in [-0.1, -0.05) is 35.5 Å². The molecule has 1 nitrogen and oxygen atoms in total. The predicted molar refractivity (Wildman–Crippen MR) is 75.7 cm³/mol. The van der Waals surface area contributed by atoms with Crippen LogP contribution in [0.15, 0.2) is 35.5 Å². The van der Waals surface area contributed by atoms with Gasteiger partial charge in [-0.2, -0.15) is 0 Å². The fourth-order valence-corrected chi connectivity index (χ4v) is 1.61. The summed E-state index contributed by atoms with van der Waals surface area (Å²) in [4.78, 5) is 10.0. The Morgan fingerprint density at radius 3 is 2.18 bits per heavy atom. The van der Waals surface area contributed by atoms with Crippen LogP contribution >= 0.6 is 0 Å². The van der Waals surface area contributed by atoms with Gasteiger partial charge in [0.2, 0.25) is 0 Å². The van der Waals surface area contributed by atoms with E-state index >= 15 is 0 Å².